The van der Waals surface area contributed by atoms with Crippen LogP contribution in [0.1, 0.15) is 65.3 Å². The largest absolute Gasteiger partial charge is 0.427 e. The quantitative estimate of drug-likeness (QED) is 0.830. The molecule has 2 fully saturated rings. The number of carbonyl (C=O) groups is 1. The van der Waals surface area contributed by atoms with Crippen LogP contribution >= 0.6 is 0 Å². The zero-order chi connectivity index (χ0) is 20.4. The second-order valence-corrected chi connectivity index (χ2v) is 8.21. The number of hydrogen-bond donors (Lipinski definition) is 1. The van der Waals surface area contributed by atoms with E-state index in [0.717, 1.165) is 24.8 Å². The van der Waals surface area contributed by atoms with Gasteiger partial charge in [0.2, 0.25) is 0 Å². The Bertz CT molecular complexity index is 958. The fourth-order valence-electron chi connectivity index (χ4n) is 4.29. The van der Waals surface area contributed by atoms with E-state index in [1.54, 1.807) is 13.0 Å². The minimum Gasteiger partial charge on any atom is -0.427 e. The Morgan fingerprint density at radius 2 is 2.00 bits per heavy atom. The van der Waals surface area contributed by atoms with Crippen LogP contribution in [0.5, 0.6) is 0 Å². The van der Waals surface area contributed by atoms with E-state index in [1.807, 2.05) is 12.1 Å². The van der Waals surface area contributed by atoms with Gasteiger partial charge in [0.05, 0.1) is 0 Å². The highest BCUT2D eigenvalue weighted by Gasteiger charge is 2.35. The first-order valence-corrected chi connectivity index (χ1v) is 10.3. The van der Waals surface area contributed by atoms with Gasteiger partial charge in [0.1, 0.15) is 17.1 Å². The number of rotatable bonds is 5. The molecule has 6 heteroatoms. The summed E-state index contributed by atoms with van der Waals surface area (Å²) in [6.45, 7) is 3.17. The molecule has 1 amide bonds. The van der Waals surface area contributed by atoms with Crippen LogP contribution in [0, 0.1) is 12.7 Å². The molecule has 1 saturated heterocycles. The van der Waals surface area contributed by atoms with Gasteiger partial charge in [0.25, 0.3) is 5.91 Å². The summed E-state index contributed by atoms with van der Waals surface area (Å²) >= 11 is 0. The van der Waals surface area contributed by atoms with Crippen molar-refractivity contribution in [1.82, 2.24) is 5.32 Å². The molecule has 0 radical (unpaired) electrons. The van der Waals surface area contributed by atoms with Gasteiger partial charge < -0.3 is 14.5 Å². The maximum Gasteiger partial charge on any atom is 0.349 e. The first-order chi connectivity index (χ1) is 14.0. The SMILES string of the molecule is Cc1cc(C2CCC2)oc(=O)c1C(=O)NCC1(c2cccc(F)c2)CCOCC1. The van der Waals surface area contributed by atoms with E-state index in [2.05, 4.69) is 5.32 Å². The van der Waals surface area contributed by atoms with Crippen LogP contribution in [0.15, 0.2) is 39.5 Å². The predicted molar refractivity (Wildman–Crippen MR) is 107 cm³/mol. The van der Waals surface area contributed by atoms with Crippen molar-refractivity contribution in [2.75, 3.05) is 19.8 Å². The van der Waals surface area contributed by atoms with Crippen LogP contribution in [-0.4, -0.2) is 25.7 Å². The molecule has 2 aliphatic rings. The predicted octanol–water partition coefficient (Wildman–Crippen LogP) is 3.83. The first-order valence-electron chi connectivity index (χ1n) is 10.3. The van der Waals surface area contributed by atoms with Crippen molar-refractivity contribution in [3.8, 4) is 0 Å². The Kier molecular flexibility index (Phi) is 5.54. The topological polar surface area (TPSA) is 68.5 Å². The third-order valence-electron chi connectivity index (χ3n) is 6.38. The molecule has 4 rings (SSSR count). The summed E-state index contributed by atoms with van der Waals surface area (Å²) in [7, 11) is 0. The normalized spacial score (nSPS) is 18.8. The molecular weight excluding hydrogens is 373 g/mol. The number of hydrogen-bond acceptors (Lipinski definition) is 4. The molecule has 0 atom stereocenters. The summed E-state index contributed by atoms with van der Waals surface area (Å²) in [5.41, 5.74) is 0.513. The van der Waals surface area contributed by atoms with Gasteiger partial charge in [0.15, 0.2) is 0 Å². The molecule has 1 saturated carbocycles. The van der Waals surface area contributed by atoms with E-state index in [1.165, 1.54) is 12.1 Å². The number of benzene rings is 1. The van der Waals surface area contributed by atoms with Crippen LogP contribution in [0.3, 0.4) is 0 Å². The zero-order valence-corrected chi connectivity index (χ0v) is 16.6. The second-order valence-electron chi connectivity index (χ2n) is 8.21. The fourth-order valence-corrected chi connectivity index (χ4v) is 4.29. The van der Waals surface area contributed by atoms with Crippen LogP contribution in [0.25, 0.3) is 0 Å². The van der Waals surface area contributed by atoms with Crippen LogP contribution in [-0.2, 0) is 10.2 Å². The highest BCUT2D eigenvalue weighted by molar-refractivity contribution is 5.95. The summed E-state index contributed by atoms with van der Waals surface area (Å²) < 4.78 is 24.8. The number of amides is 1. The summed E-state index contributed by atoms with van der Waals surface area (Å²) in [4.78, 5) is 25.4. The van der Waals surface area contributed by atoms with Gasteiger partial charge in [-0.05, 0) is 61.9 Å². The Hall–Kier alpha value is -2.47. The standard InChI is InChI=1S/C23H26FNO4/c1-15-12-19(16-4-2-5-16)29-22(27)20(15)21(26)25-14-23(8-10-28-11-9-23)17-6-3-7-18(24)13-17/h3,6-7,12-13,16H,2,4-5,8-11,14H2,1H3,(H,25,26). The Balaban J connectivity index is 1.55. The number of nitrogens with one attached hydrogen (secondary N) is 1. The molecule has 2 aromatic rings. The molecule has 0 bridgehead atoms. The molecule has 0 unspecified atom stereocenters. The lowest BCUT2D eigenvalue weighted by atomic mass is 9.74. The molecular formula is C23H26FNO4. The zero-order valence-electron chi connectivity index (χ0n) is 16.6. The fraction of sp³-hybridized carbons (Fsp3) is 0.478. The van der Waals surface area contributed by atoms with Crippen molar-refractivity contribution in [3.05, 3.63) is 69.0 Å². The minimum atomic E-state index is -0.587. The lowest BCUT2D eigenvalue weighted by Crippen LogP contribution is -2.45. The van der Waals surface area contributed by atoms with E-state index < -0.39 is 16.9 Å². The van der Waals surface area contributed by atoms with Gasteiger partial charge in [-0.1, -0.05) is 18.6 Å². The van der Waals surface area contributed by atoms with Gasteiger partial charge in [-0.15, -0.1) is 0 Å². The van der Waals surface area contributed by atoms with E-state index in [4.69, 9.17) is 9.15 Å². The monoisotopic (exact) mass is 399 g/mol. The third-order valence-corrected chi connectivity index (χ3v) is 6.38. The highest BCUT2D eigenvalue weighted by atomic mass is 19.1. The average Bonchev–Trinajstić information content (AvgIpc) is 2.65. The smallest absolute Gasteiger partial charge is 0.349 e. The van der Waals surface area contributed by atoms with Crippen molar-refractivity contribution in [2.24, 2.45) is 0 Å². The van der Waals surface area contributed by atoms with Crippen molar-refractivity contribution in [3.63, 3.8) is 0 Å². The van der Waals surface area contributed by atoms with Crippen molar-refractivity contribution in [2.45, 2.75) is 50.4 Å². The lowest BCUT2D eigenvalue weighted by molar-refractivity contribution is 0.0485. The Labute approximate surface area is 169 Å². The molecule has 1 aliphatic carbocycles. The van der Waals surface area contributed by atoms with Crippen LogP contribution in [0.4, 0.5) is 4.39 Å². The van der Waals surface area contributed by atoms with Crippen molar-refractivity contribution >= 4 is 5.91 Å². The van der Waals surface area contributed by atoms with Crippen molar-refractivity contribution in [1.29, 1.82) is 0 Å². The van der Waals surface area contributed by atoms with Crippen LogP contribution in [0.2, 0.25) is 0 Å². The van der Waals surface area contributed by atoms with E-state index in [-0.39, 0.29) is 17.3 Å². The van der Waals surface area contributed by atoms with E-state index in [9.17, 15) is 14.0 Å². The molecule has 2 heterocycles. The highest BCUT2D eigenvalue weighted by Crippen LogP contribution is 2.36. The number of ether oxygens (including phenoxy) is 1. The Morgan fingerprint density at radius 3 is 2.62 bits per heavy atom. The maximum absolute atomic E-state index is 13.8. The minimum absolute atomic E-state index is 0.0505. The molecule has 1 N–H and O–H groups in total. The van der Waals surface area contributed by atoms with Crippen molar-refractivity contribution < 1.29 is 18.3 Å². The second kappa shape index (κ2) is 8.11. The Morgan fingerprint density at radius 1 is 1.24 bits per heavy atom. The van der Waals surface area contributed by atoms with E-state index in [0.29, 0.717) is 43.9 Å². The van der Waals surface area contributed by atoms with Gasteiger partial charge in [0, 0.05) is 31.1 Å². The summed E-state index contributed by atoms with van der Waals surface area (Å²) in [5, 5.41) is 2.91. The molecule has 29 heavy (non-hydrogen) atoms. The average molecular weight is 399 g/mol. The summed E-state index contributed by atoms with van der Waals surface area (Å²) in [6.07, 6.45) is 4.52. The van der Waals surface area contributed by atoms with Gasteiger partial charge in [-0.3, -0.25) is 4.79 Å². The number of halogens is 1. The van der Waals surface area contributed by atoms with Gasteiger partial charge in [-0.2, -0.15) is 0 Å². The number of carbonyl (C=O) groups excluding carboxylic acids is 1. The molecule has 154 valence electrons. The molecule has 1 aliphatic heterocycles. The van der Waals surface area contributed by atoms with E-state index >= 15 is 0 Å². The lowest BCUT2D eigenvalue weighted by Gasteiger charge is -2.38. The molecule has 0 spiro atoms. The van der Waals surface area contributed by atoms with Gasteiger partial charge in [-0.25, -0.2) is 9.18 Å². The molecule has 5 nitrogen and oxygen atoms in total. The molecule has 1 aromatic carbocycles. The van der Waals surface area contributed by atoms with Gasteiger partial charge >= 0.3 is 5.63 Å². The summed E-state index contributed by atoms with van der Waals surface area (Å²) in [5.74, 6) is 0.217. The molecule has 1 aromatic heterocycles. The summed E-state index contributed by atoms with van der Waals surface area (Å²) in [6, 6.07) is 8.31. The first kappa shape index (κ1) is 19.8. The maximum atomic E-state index is 13.8. The van der Waals surface area contributed by atoms with Crippen LogP contribution < -0.4 is 10.9 Å². The third kappa shape index (κ3) is 3.99. The number of aryl methyl sites for hydroxylation is 1.